The third kappa shape index (κ3) is 8.33. The van der Waals surface area contributed by atoms with Crippen LogP contribution in [0.1, 0.15) is 49.4 Å². The van der Waals surface area contributed by atoms with Crippen molar-refractivity contribution >= 4 is 35.0 Å². The van der Waals surface area contributed by atoms with E-state index in [0.717, 1.165) is 105 Å². The highest BCUT2D eigenvalue weighted by Gasteiger charge is 2.30. The van der Waals surface area contributed by atoms with E-state index < -0.39 is 11.8 Å². The topological polar surface area (TPSA) is 115 Å². The van der Waals surface area contributed by atoms with Gasteiger partial charge in [0.25, 0.3) is 0 Å². The van der Waals surface area contributed by atoms with Crippen molar-refractivity contribution < 1.29 is 19.1 Å². The van der Waals surface area contributed by atoms with Crippen molar-refractivity contribution in [2.75, 3.05) is 52.5 Å². The molecule has 4 heterocycles. The van der Waals surface area contributed by atoms with Crippen LogP contribution in [0.15, 0.2) is 41.0 Å². The predicted molar refractivity (Wildman–Crippen MR) is 186 cm³/mol. The summed E-state index contributed by atoms with van der Waals surface area (Å²) in [7, 11) is 0. The minimum atomic E-state index is -0.953. The second-order valence-electron chi connectivity index (χ2n) is 13.0. The van der Waals surface area contributed by atoms with Gasteiger partial charge in [0, 0.05) is 91.7 Å². The van der Waals surface area contributed by atoms with Crippen LogP contribution in [0, 0.1) is 17.8 Å². The van der Waals surface area contributed by atoms with E-state index in [4.69, 9.17) is 43.5 Å². The summed E-state index contributed by atoms with van der Waals surface area (Å²) in [5.74, 6) is 5.08. The minimum absolute atomic E-state index is 0.00118. The van der Waals surface area contributed by atoms with Crippen molar-refractivity contribution in [3.05, 3.63) is 62.8 Å². The number of ether oxygens (including phenoxy) is 2. The highest BCUT2D eigenvalue weighted by atomic mass is 35.5. The van der Waals surface area contributed by atoms with Gasteiger partial charge in [-0.25, -0.2) is 0 Å². The molecule has 2 amide bonds. The fraction of sp³-hybridized carbons (Fsp3) is 0.528. The van der Waals surface area contributed by atoms with Crippen molar-refractivity contribution in [2.24, 2.45) is 11.7 Å². The summed E-state index contributed by atoms with van der Waals surface area (Å²) >= 11 is 13.2. The lowest BCUT2D eigenvalue weighted by Crippen LogP contribution is -2.44. The van der Waals surface area contributed by atoms with Gasteiger partial charge in [-0.1, -0.05) is 53.3 Å². The minimum Gasteiger partial charge on any atom is -0.379 e. The van der Waals surface area contributed by atoms with E-state index in [-0.39, 0.29) is 18.6 Å². The van der Waals surface area contributed by atoms with Gasteiger partial charge in [0.1, 0.15) is 0 Å². The first-order valence-electron chi connectivity index (χ1n) is 17.0. The number of carbonyl (C=O) groups excluding carboxylic acids is 2. The zero-order valence-electron chi connectivity index (χ0n) is 27.5. The first kappa shape index (κ1) is 34.7. The molecule has 0 saturated carbocycles. The fourth-order valence-electron chi connectivity index (χ4n) is 6.86. The maximum Gasteiger partial charge on any atom is 0.311 e. The molecule has 1 aliphatic carbocycles. The molecular formula is C36H44Cl2N6O4. The molecule has 1 aromatic carbocycles. The predicted octanol–water partition coefficient (Wildman–Crippen LogP) is 3.87. The average molecular weight is 696 g/mol. The first-order valence-corrected chi connectivity index (χ1v) is 17.7. The van der Waals surface area contributed by atoms with E-state index in [1.54, 1.807) is 0 Å². The Morgan fingerprint density at radius 3 is 2.85 bits per heavy atom. The number of hydrogen-bond acceptors (Lipinski definition) is 7. The van der Waals surface area contributed by atoms with Crippen LogP contribution in [0.4, 0.5) is 0 Å². The number of allylic oxidation sites excluding steroid dienone is 2. The van der Waals surface area contributed by atoms with Crippen LogP contribution in [0.2, 0.25) is 5.02 Å². The summed E-state index contributed by atoms with van der Waals surface area (Å²) in [5.41, 5.74) is 10.7. The number of morpholine rings is 1. The molecule has 1 unspecified atom stereocenters. The number of aromatic nitrogens is 2. The van der Waals surface area contributed by atoms with Crippen LogP contribution in [0.25, 0.3) is 11.3 Å². The summed E-state index contributed by atoms with van der Waals surface area (Å²) in [5, 5.41) is 9.87. The molecule has 3 atom stereocenters. The highest BCUT2D eigenvalue weighted by molar-refractivity contribution is 6.34. The number of carbonyl (C=O) groups is 2. The average Bonchev–Trinajstić information content (AvgIpc) is 3.74. The molecule has 256 valence electrons. The van der Waals surface area contributed by atoms with Gasteiger partial charge in [0.2, 0.25) is 0 Å². The van der Waals surface area contributed by atoms with E-state index >= 15 is 0 Å². The molecule has 2 saturated heterocycles. The number of nitrogens with two attached hydrogens (primary N) is 1. The number of nitrogens with one attached hydrogen (secondary N) is 1. The zero-order valence-corrected chi connectivity index (χ0v) is 29.0. The molecule has 12 heteroatoms. The monoisotopic (exact) mass is 694 g/mol. The largest absolute Gasteiger partial charge is 0.379 e. The molecule has 3 aliphatic heterocycles. The lowest BCUT2D eigenvalue weighted by atomic mass is 9.95. The molecule has 3 N–H and O–H groups in total. The molecule has 1 aromatic heterocycles. The normalized spacial score (nSPS) is 22.8. The Labute approximate surface area is 292 Å². The number of halogens is 2. The summed E-state index contributed by atoms with van der Waals surface area (Å²) in [4.78, 5) is 28.3. The molecule has 10 nitrogen and oxygen atoms in total. The molecule has 2 aromatic rings. The van der Waals surface area contributed by atoms with Gasteiger partial charge in [-0.05, 0) is 50.3 Å². The Balaban J connectivity index is 1.21. The van der Waals surface area contributed by atoms with Crippen LogP contribution in [0.5, 0.6) is 0 Å². The van der Waals surface area contributed by atoms with E-state index in [2.05, 4.69) is 39.7 Å². The van der Waals surface area contributed by atoms with Crippen molar-refractivity contribution in [2.45, 2.75) is 64.3 Å². The van der Waals surface area contributed by atoms with Gasteiger partial charge in [-0.3, -0.25) is 19.2 Å². The Morgan fingerprint density at radius 1 is 1.19 bits per heavy atom. The summed E-state index contributed by atoms with van der Waals surface area (Å²) < 4.78 is 13.4. The first-order chi connectivity index (χ1) is 23.3. The smallest absolute Gasteiger partial charge is 0.311 e. The second kappa shape index (κ2) is 16.0. The van der Waals surface area contributed by atoms with Crippen molar-refractivity contribution in [1.82, 2.24) is 24.9 Å². The third-order valence-corrected chi connectivity index (χ3v) is 10.3. The van der Waals surface area contributed by atoms with Crippen LogP contribution < -0.4 is 11.1 Å². The zero-order chi connectivity index (χ0) is 33.6. The summed E-state index contributed by atoms with van der Waals surface area (Å²) in [6.45, 7) is 9.31. The van der Waals surface area contributed by atoms with E-state index in [1.165, 1.54) is 4.90 Å². The lowest BCUT2D eigenvalue weighted by molar-refractivity contribution is -0.144. The molecule has 4 aliphatic rings. The Hall–Kier alpha value is -3.17. The van der Waals surface area contributed by atoms with Gasteiger partial charge in [-0.15, -0.1) is 0 Å². The van der Waals surface area contributed by atoms with Crippen LogP contribution in [0.3, 0.4) is 0 Å². The number of rotatable bonds is 9. The van der Waals surface area contributed by atoms with Crippen molar-refractivity contribution in [3.63, 3.8) is 0 Å². The summed E-state index contributed by atoms with van der Waals surface area (Å²) in [6.07, 6.45) is 8.88. The second-order valence-corrected chi connectivity index (χ2v) is 13.8. The SMILES string of the molecule is C[C@H]1COCCN1CCCn1nc(-c2ccc(Cl)c(C#CC3C=C(CNC[C@H]4CCCO4)C(Cl)=CC3)c2)c2c1CCN(C(=O)C(N)=O)C2. The van der Waals surface area contributed by atoms with Crippen LogP contribution >= 0.6 is 23.2 Å². The maximum atomic E-state index is 12.6. The van der Waals surface area contributed by atoms with Crippen molar-refractivity contribution in [3.8, 4) is 23.1 Å². The van der Waals surface area contributed by atoms with Gasteiger partial charge < -0.3 is 25.4 Å². The van der Waals surface area contributed by atoms with E-state index in [1.807, 2.05) is 24.3 Å². The van der Waals surface area contributed by atoms with Crippen LogP contribution in [-0.4, -0.2) is 96.1 Å². The van der Waals surface area contributed by atoms with Crippen LogP contribution in [-0.2, 0) is 38.6 Å². The Morgan fingerprint density at radius 2 is 2.06 bits per heavy atom. The number of fused-ring (bicyclic) bond motifs is 1. The molecule has 2 fully saturated rings. The van der Waals surface area contributed by atoms with Gasteiger partial charge in [0.15, 0.2) is 0 Å². The Kier molecular flexibility index (Phi) is 11.6. The Bertz CT molecular complexity index is 1640. The number of benzene rings is 1. The number of aryl methyl sites for hydroxylation is 1. The number of primary amides is 1. The fourth-order valence-corrected chi connectivity index (χ4v) is 7.25. The molecule has 0 spiro atoms. The molecule has 0 radical (unpaired) electrons. The molecule has 0 bridgehead atoms. The van der Waals surface area contributed by atoms with Crippen molar-refractivity contribution in [1.29, 1.82) is 0 Å². The molecular weight excluding hydrogens is 651 g/mol. The van der Waals surface area contributed by atoms with Gasteiger partial charge in [-0.2, -0.15) is 5.10 Å². The number of amides is 2. The molecule has 48 heavy (non-hydrogen) atoms. The number of hydrogen-bond donors (Lipinski definition) is 2. The highest BCUT2D eigenvalue weighted by Crippen LogP contribution is 2.33. The maximum absolute atomic E-state index is 12.6. The van der Waals surface area contributed by atoms with E-state index in [0.29, 0.717) is 36.1 Å². The lowest BCUT2D eigenvalue weighted by Gasteiger charge is -2.33. The summed E-state index contributed by atoms with van der Waals surface area (Å²) in [6, 6.07) is 6.13. The molecule has 6 rings (SSSR count). The third-order valence-electron chi connectivity index (χ3n) is 9.56. The number of nitrogens with zero attached hydrogens (tertiary/aromatic N) is 4. The van der Waals surface area contributed by atoms with Gasteiger partial charge >= 0.3 is 11.8 Å². The quantitative estimate of drug-likeness (QED) is 0.303. The standard InChI is InChI=1S/C36H44Cl2N6O4/c1-24-23-47-17-15-42(24)12-3-13-44-33-11-14-43(36(46)35(39)45)22-30(33)34(41-44)27-8-10-31(37)26(19-27)7-5-25-6-9-32(38)28(18-25)20-40-21-29-4-2-16-48-29/h8-10,18-19,24-25,29,40H,2-4,6,11-17,20-23H2,1H3,(H2,39,45)/t24-,25?,29+/m0/s1. The van der Waals surface area contributed by atoms with E-state index in [9.17, 15) is 9.59 Å². The van der Waals surface area contributed by atoms with Gasteiger partial charge in [0.05, 0.1) is 36.6 Å².